The van der Waals surface area contributed by atoms with E-state index in [-0.39, 0.29) is 16.7 Å². The fourth-order valence-electron chi connectivity index (χ4n) is 2.76. The molecule has 0 aliphatic heterocycles. The van der Waals surface area contributed by atoms with Gasteiger partial charge < -0.3 is 20.7 Å². The van der Waals surface area contributed by atoms with Crippen molar-refractivity contribution >= 4 is 23.3 Å². The van der Waals surface area contributed by atoms with Crippen molar-refractivity contribution in [3.05, 3.63) is 82.8 Å². The minimum atomic E-state index is -0.817. The summed E-state index contributed by atoms with van der Waals surface area (Å²) in [6.45, 7) is 3.37. The molecule has 10 heteroatoms. The van der Waals surface area contributed by atoms with Gasteiger partial charge in [-0.1, -0.05) is 18.7 Å². The number of hydrogen-bond acceptors (Lipinski definition) is 5. The zero-order valence-corrected chi connectivity index (χ0v) is 15.8. The second-order valence-electron chi connectivity index (χ2n) is 6.09. The van der Waals surface area contributed by atoms with Crippen molar-refractivity contribution in [2.24, 2.45) is 0 Å². The van der Waals surface area contributed by atoms with Gasteiger partial charge in [-0.15, -0.1) is 4.68 Å². The second-order valence-corrected chi connectivity index (χ2v) is 6.09. The Kier molecular flexibility index (Phi) is 5.68. The number of amides is 2. The number of nitrogens with zero attached hydrogens (tertiary/aromatic N) is 3. The molecule has 0 bridgehead atoms. The number of aromatic nitrogens is 2. The quantitative estimate of drug-likeness (QED) is 0.368. The molecular formula is C20H16FN5O4. The third-order valence-corrected chi connectivity index (χ3v) is 4.18. The standard InChI is InChI=1S/C20H16FN5O4/c1-3-18(27)23-13-5-4-6-14(10-13)25-11-16(19(24-25)26(29)30)12-7-8-15(17(21)9-12)20(28)22-2/h3-11H,1H2,2H3,(H,22,28)(H,23,27). The van der Waals surface area contributed by atoms with Gasteiger partial charge in [-0.25, -0.2) is 4.39 Å². The molecule has 0 unspecified atom stereocenters. The number of rotatable bonds is 6. The zero-order valence-electron chi connectivity index (χ0n) is 15.8. The minimum absolute atomic E-state index is 0.0721. The molecule has 2 aromatic carbocycles. The summed E-state index contributed by atoms with van der Waals surface area (Å²) in [5.41, 5.74) is 0.964. The van der Waals surface area contributed by atoms with Crippen LogP contribution < -0.4 is 10.6 Å². The maximum Gasteiger partial charge on any atom is 0.398 e. The SMILES string of the molecule is C=CC(=O)Nc1cccc(-n2cc(-c3ccc(C(=O)NC)c(F)c3)c([N+](=O)[O-])n2)c1. The molecule has 0 spiro atoms. The van der Waals surface area contributed by atoms with Crippen molar-refractivity contribution in [2.45, 2.75) is 0 Å². The van der Waals surface area contributed by atoms with Crippen LogP contribution in [0.1, 0.15) is 10.4 Å². The van der Waals surface area contributed by atoms with Gasteiger partial charge in [-0.3, -0.25) is 9.59 Å². The summed E-state index contributed by atoms with van der Waals surface area (Å²) in [5.74, 6) is -2.32. The summed E-state index contributed by atoms with van der Waals surface area (Å²) in [6.07, 6.45) is 2.49. The van der Waals surface area contributed by atoms with E-state index in [1.807, 2.05) is 0 Å². The van der Waals surface area contributed by atoms with Crippen molar-refractivity contribution in [1.29, 1.82) is 0 Å². The molecule has 1 heterocycles. The van der Waals surface area contributed by atoms with E-state index in [0.29, 0.717) is 11.4 Å². The highest BCUT2D eigenvalue weighted by atomic mass is 19.1. The second kappa shape index (κ2) is 8.35. The molecule has 0 aliphatic carbocycles. The van der Waals surface area contributed by atoms with Crippen LogP contribution in [0, 0.1) is 15.9 Å². The smallest absolute Gasteiger partial charge is 0.358 e. The van der Waals surface area contributed by atoms with Gasteiger partial charge in [0.2, 0.25) is 5.91 Å². The van der Waals surface area contributed by atoms with Crippen LogP contribution in [0.5, 0.6) is 0 Å². The van der Waals surface area contributed by atoms with Gasteiger partial charge in [-0.2, -0.15) is 0 Å². The lowest BCUT2D eigenvalue weighted by molar-refractivity contribution is -0.389. The predicted molar refractivity (Wildman–Crippen MR) is 108 cm³/mol. The van der Waals surface area contributed by atoms with E-state index in [0.717, 1.165) is 12.1 Å². The first-order valence-electron chi connectivity index (χ1n) is 8.64. The summed E-state index contributed by atoms with van der Waals surface area (Å²) in [6, 6.07) is 10.2. The Hall–Kier alpha value is -4.34. The summed E-state index contributed by atoms with van der Waals surface area (Å²) in [4.78, 5) is 34.0. The Labute approximate surface area is 170 Å². The first kappa shape index (κ1) is 20.4. The largest absolute Gasteiger partial charge is 0.398 e. The lowest BCUT2D eigenvalue weighted by Gasteiger charge is -2.04. The molecular weight excluding hydrogens is 393 g/mol. The van der Waals surface area contributed by atoms with Gasteiger partial charge in [0, 0.05) is 12.7 Å². The molecule has 3 aromatic rings. The van der Waals surface area contributed by atoms with Gasteiger partial charge in [0.05, 0.1) is 22.5 Å². The van der Waals surface area contributed by atoms with E-state index in [2.05, 4.69) is 22.3 Å². The number of carbonyl (C=O) groups excluding carboxylic acids is 2. The fraction of sp³-hybridized carbons (Fsp3) is 0.0500. The molecule has 0 aliphatic rings. The molecule has 0 saturated heterocycles. The van der Waals surface area contributed by atoms with E-state index in [4.69, 9.17) is 0 Å². The number of carbonyl (C=O) groups is 2. The summed E-state index contributed by atoms with van der Waals surface area (Å²) in [7, 11) is 1.37. The molecule has 30 heavy (non-hydrogen) atoms. The first-order valence-corrected chi connectivity index (χ1v) is 8.64. The third-order valence-electron chi connectivity index (χ3n) is 4.18. The van der Waals surface area contributed by atoms with Crippen LogP contribution in [0.15, 0.2) is 61.3 Å². The highest BCUT2D eigenvalue weighted by Crippen LogP contribution is 2.31. The molecule has 2 amide bonds. The Balaban J connectivity index is 2.05. The highest BCUT2D eigenvalue weighted by molar-refractivity contribution is 5.99. The van der Waals surface area contributed by atoms with Gasteiger partial charge in [-0.05, 0) is 46.9 Å². The fourth-order valence-corrected chi connectivity index (χ4v) is 2.76. The van der Waals surface area contributed by atoms with Gasteiger partial charge >= 0.3 is 5.82 Å². The Morgan fingerprint density at radius 2 is 2.03 bits per heavy atom. The summed E-state index contributed by atoms with van der Waals surface area (Å²) in [5, 5.41) is 20.4. The molecule has 0 saturated carbocycles. The Morgan fingerprint density at radius 3 is 2.67 bits per heavy atom. The number of nitrogens with one attached hydrogen (secondary N) is 2. The van der Waals surface area contributed by atoms with Gasteiger partial charge in [0.15, 0.2) is 0 Å². The summed E-state index contributed by atoms with van der Waals surface area (Å²) < 4.78 is 15.6. The number of anilines is 1. The van der Waals surface area contributed by atoms with Crippen LogP contribution in [0.2, 0.25) is 0 Å². The zero-order chi connectivity index (χ0) is 21.8. The van der Waals surface area contributed by atoms with E-state index < -0.39 is 28.4 Å². The lowest BCUT2D eigenvalue weighted by Crippen LogP contribution is -2.19. The number of halogens is 1. The Bertz CT molecular complexity index is 1170. The monoisotopic (exact) mass is 409 g/mol. The van der Waals surface area contributed by atoms with E-state index >= 15 is 0 Å². The number of nitro groups is 1. The van der Waals surface area contributed by atoms with Crippen LogP contribution in [-0.4, -0.2) is 33.6 Å². The van der Waals surface area contributed by atoms with Crippen molar-refractivity contribution < 1.29 is 18.9 Å². The van der Waals surface area contributed by atoms with Crippen LogP contribution in [-0.2, 0) is 4.79 Å². The highest BCUT2D eigenvalue weighted by Gasteiger charge is 2.24. The maximum atomic E-state index is 14.3. The molecule has 3 rings (SSSR count). The first-order chi connectivity index (χ1) is 14.3. The van der Waals surface area contributed by atoms with Crippen molar-refractivity contribution in [2.75, 3.05) is 12.4 Å². The minimum Gasteiger partial charge on any atom is -0.358 e. The third kappa shape index (κ3) is 4.07. The van der Waals surface area contributed by atoms with E-state index in [9.17, 15) is 24.1 Å². The van der Waals surface area contributed by atoms with Crippen LogP contribution >= 0.6 is 0 Å². The summed E-state index contributed by atoms with van der Waals surface area (Å²) >= 11 is 0. The van der Waals surface area contributed by atoms with Crippen molar-refractivity contribution in [3.63, 3.8) is 0 Å². The molecule has 0 radical (unpaired) electrons. The molecule has 0 fully saturated rings. The van der Waals surface area contributed by atoms with Gasteiger partial charge in [0.1, 0.15) is 11.4 Å². The molecule has 0 atom stereocenters. The molecule has 9 nitrogen and oxygen atoms in total. The molecule has 152 valence electrons. The van der Waals surface area contributed by atoms with Gasteiger partial charge in [0.25, 0.3) is 5.91 Å². The predicted octanol–water partition coefficient (Wildman–Crippen LogP) is 3.07. The number of hydrogen-bond donors (Lipinski definition) is 2. The lowest BCUT2D eigenvalue weighted by atomic mass is 10.1. The molecule has 2 N–H and O–H groups in total. The molecule has 1 aromatic heterocycles. The van der Waals surface area contributed by atoms with E-state index in [1.165, 1.54) is 30.1 Å². The number of benzene rings is 2. The average molecular weight is 409 g/mol. The van der Waals surface area contributed by atoms with Crippen molar-refractivity contribution in [3.8, 4) is 16.8 Å². The topological polar surface area (TPSA) is 119 Å². The normalized spacial score (nSPS) is 10.3. The Morgan fingerprint density at radius 1 is 1.27 bits per heavy atom. The maximum absolute atomic E-state index is 14.3. The van der Waals surface area contributed by atoms with Crippen LogP contribution in [0.25, 0.3) is 16.8 Å². The van der Waals surface area contributed by atoms with E-state index in [1.54, 1.807) is 24.3 Å². The van der Waals surface area contributed by atoms with Crippen LogP contribution in [0.4, 0.5) is 15.9 Å². The van der Waals surface area contributed by atoms with Crippen LogP contribution in [0.3, 0.4) is 0 Å². The van der Waals surface area contributed by atoms with Crippen molar-refractivity contribution in [1.82, 2.24) is 15.1 Å². The average Bonchev–Trinajstić information content (AvgIpc) is 3.19.